The second-order valence-electron chi connectivity index (χ2n) is 10.4. The van der Waals surface area contributed by atoms with E-state index in [-0.39, 0.29) is 5.41 Å². The zero-order valence-electron chi connectivity index (χ0n) is 20.8. The first-order valence-electron chi connectivity index (χ1n) is 12.1. The molecule has 4 heteroatoms. The zero-order chi connectivity index (χ0) is 24.3. The van der Waals surface area contributed by atoms with E-state index in [2.05, 4.69) is 43.5 Å². The summed E-state index contributed by atoms with van der Waals surface area (Å²) < 4.78 is 6.08. The summed E-state index contributed by atoms with van der Waals surface area (Å²) in [5.74, 6) is 0. The van der Waals surface area contributed by atoms with E-state index in [1.807, 2.05) is 32.1 Å². The van der Waals surface area contributed by atoms with Crippen molar-refractivity contribution < 1.29 is 9.76 Å². The average molecular weight is 439 g/mol. The highest BCUT2D eigenvalue weighted by atomic mass is 16.5. The molecule has 33 heavy (non-hydrogen) atoms. The van der Waals surface area contributed by atoms with Crippen molar-refractivity contribution in [3.63, 3.8) is 0 Å². The van der Waals surface area contributed by atoms with Crippen molar-refractivity contribution >= 4 is 26.3 Å². The topological polar surface area (TPSA) is 29.5 Å². The van der Waals surface area contributed by atoms with Gasteiger partial charge in [-0.1, -0.05) is 59.5 Å². The van der Waals surface area contributed by atoms with Crippen LogP contribution in [0.4, 0.5) is 0 Å². The first-order valence-corrected chi connectivity index (χ1v) is 12.1. The Bertz CT molecular complexity index is 987. The van der Waals surface area contributed by atoms with E-state index in [1.54, 1.807) is 21.3 Å². The highest BCUT2D eigenvalue weighted by Crippen LogP contribution is 2.53. The van der Waals surface area contributed by atoms with Gasteiger partial charge in [-0.3, -0.25) is 0 Å². The molecule has 3 radical (unpaired) electrons. The molecule has 1 N–H and O–H groups in total. The Morgan fingerprint density at radius 3 is 2.03 bits per heavy atom. The lowest BCUT2D eigenvalue weighted by Gasteiger charge is -2.37. The van der Waals surface area contributed by atoms with E-state index in [0.29, 0.717) is 0 Å². The molecule has 0 spiro atoms. The van der Waals surface area contributed by atoms with Crippen LogP contribution in [-0.2, 0) is 10.1 Å². The van der Waals surface area contributed by atoms with Gasteiger partial charge in [0.15, 0.2) is 0 Å². The van der Waals surface area contributed by atoms with Gasteiger partial charge in [-0.15, -0.1) is 13.2 Å². The number of allylic oxidation sites excluding steroid dienone is 2. The third-order valence-corrected chi connectivity index (χ3v) is 7.40. The molecule has 1 aliphatic carbocycles. The molecular formula is C29H37B2O2. The van der Waals surface area contributed by atoms with Crippen LogP contribution in [0.2, 0.25) is 0 Å². The van der Waals surface area contributed by atoms with Gasteiger partial charge in [0, 0.05) is 5.41 Å². The van der Waals surface area contributed by atoms with Gasteiger partial charge in [0.25, 0.3) is 0 Å². The summed E-state index contributed by atoms with van der Waals surface area (Å²) in [6.45, 7) is 15.2. The average Bonchev–Trinajstić information content (AvgIpc) is 3.01. The second kappa shape index (κ2) is 10.1. The van der Waals surface area contributed by atoms with Crippen molar-refractivity contribution in [1.29, 1.82) is 0 Å². The summed E-state index contributed by atoms with van der Waals surface area (Å²) in [6.07, 6.45) is 10.2. The minimum absolute atomic E-state index is 0.0956. The minimum atomic E-state index is -0.965. The lowest BCUT2D eigenvalue weighted by atomic mass is 9.69. The number of hydrogen-bond donors (Lipinski definition) is 1. The summed E-state index contributed by atoms with van der Waals surface area (Å²) in [5, 5.41) is 10.5. The fourth-order valence-corrected chi connectivity index (χ4v) is 4.72. The second-order valence-corrected chi connectivity index (χ2v) is 10.4. The van der Waals surface area contributed by atoms with Gasteiger partial charge < -0.3 is 9.76 Å². The Balaban J connectivity index is 2.05. The number of benzene rings is 2. The molecule has 0 atom stereocenters. The molecule has 2 aromatic rings. The van der Waals surface area contributed by atoms with E-state index >= 15 is 0 Å². The van der Waals surface area contributed by atoms with Crippen molar-refractivity contribution in [3.05, 3.63) is 72.8 Å². The molecule has 0 amide bonds. The lowest BCUT2D eigenvalue weighted by Crippen LogP contribution is -2.49. The normalized spacial score (nSPS) is 14.5. The maximum atomic E-state index is 10.5. The Labute approximate surface area is 202 Å². The zero-order valence-corrected chi connectivity index (χ0v) is 20.8. The summed E-state index contributed by atoms with van der Waals surface area (Å²) in [4.78, 5) is 0. The predicted molar refractivity (Wildman–Crippen MR) is 143 cm³/mol. The largest absolute Gasteiger partial charge is 0.427 e. The van der Waals surface area contributed by atoms with Crippen LogP contribution in [0, 0.1) is 0 Å². The van der Waals surface area contributed by atoms with Crippen LogP contribution < -0.4 is 10.9 Å². The molecule has 0 saturated carbocycles. The smallest absolute Gasteiger partial charge is 0.330 e. The number of rotatable bonds is 12. The molecule has 2 nitrogen and oxygen atoms in total. The van der Waals surface area contributed by atoms with E-state index < -0.39 is 11.2 Å². The molecule has 0 fully saturated rings. The Morgan fingerprint density at radius 1 is 0.939 bits per heavy atom. The van der Waals surface area contributed by atoms with Crippen LogP contribution in [0.1, 0.15) is 77.3 Å². The van der Waals surface area contributed by atoms with Crippen molar-refractivity contribution in [1.82, 2.24) is 0 Å². The molecule has 0 bridgehead atoms. The van der Waals surface area contributed by atoms with E-state index in [1.165, 1.54) is 22.3 Å². The number of hydrogen-bond acceptors (Lipinski definition) is 2. The minimum Gasteiger partial charge on any atom is -0.427 e. The van der Waals surface area contributed by atoms with Crippen LogP contribution in [0.15, 0.2) is 61.7 Å². The summed E-state index contributed by atoms with van der Waals surface area (Å²) in [7, 11) is 8.07. The molecule has 0 heterocycles. The lowest BCUT2D eigenvalue weighted by molar-refractivity contribution is -0.0893. The first kappa shape index (κ1) is 25.6. The van der Waals surface area contributed by atoms with Crippen molar-refractivity contribution in [2.45, 2.75) is 82.8 Å². The van der Waals surface area contributed by atoms with Crippen LogP contribution in [0.25, 0.3) is 11.1 Å². The van der Waals surface area contributed by atoms with Crippen molar-refractivity contribution in [2.75, 3.05) is 0 Å². The molecule has 2 aromatic carbocycles. The Hall–Kier alpha value is -2.03. The Kier molecular flexibility index (Phi) is 7.81. The van der Waals surface area contributed by atoms with Gasteiger partial charge in [0.2, 0.25) is 0 Å². The quantitative estimate of drug-likeness (QED) is 0.278. The summed E-state index contributed by atoms with van der Waals surface area (Å²) >= 11 is 0. The molecule has 171 valence electrons. The molecule has 0 unspecified atom stereocenters. The Morgan fingerprint density at radius 2 is 1.48 bits per heavy atom. The first-order chi connectivity index (χ1) is 15.6. The van der Waals surface area contributed by atoms with Crippen LogP contribution in [-0.4, -0.2) is 31.6 Å². The molecule has 0 saturated heterocycles. The van der Waals surface area contributed by atoms with Crippen molar-refractivity contribution in [3.8, 4) is 11.1 Å². The summed E-state index contributed by atoms with van der Waals surface area (Å²) in [6, 6.07) is 12.9. The third-order valence-electron chi connectivity index (χ3n) is 7.40. The van der Waals surface area contributed by atoms with Crippen LogP contribution >= 0.6 is 0 Å². The highest BCUT2D eigenvalue weighted by molar-refractivity contribution is 6.47. The number of aliphatic hydroxyl groups is 1. The summed E-state index contributed by atoms with van der Waals surface area (Å²) in [5.41, 5.74) is 5.27. The standard InChI is InChI=1S/C29H37B2O2/c1-7-9-11-17-29(18-12-10-8-2)25-19-21(30)13-15-23(25)24-16-14-22(20-26(24)29)31-33-28(5,6)27(3,4)32/h7-8,13-16,19-20,32H,1-2,9-12,17-18H2,3-6H3. The van der Waals surface area contributed by atoms with E-state index in [4.69, 9.17) is 12.5 Å². The van der Waals surface area contributed by atoms with Gasteiger partial charge in [-0.25, -0.2) is 0 Å². The van der Waals surface area contributed by atoms with Crippen molar-refractivity contribution in [2.24, 2.45) is 0 Å². The highest BCUT2D eigenvalue weighted by Gasteiger charge is 2.42. The fraction of sp³-hybridized carbons (Fsp3) is 0.448. The maximum absolute atomic E-state index is 10.5. The van der Waals surface area contributed by atoms with Gasteiger partial charge >= 0.3 is 7.48 Å². The third kappa shape index (κ3) is 5.23. The molecule has 0 aliphatic heterocycles. The monoisotopic (exact) mass is 439 g/mol. The van der Waals surface area contributed by atoms with Gasteiger partial charge in [-0.05, 0) is 88.5 Å². The van der Waals surface area contributed by atoms with E-state index in [0.717, 1.165) is 49.5 Å². The van der Waals surface area contributed by atoms with Gasteiger partial charge in [-0.2, -0.15) is 0 Å². The number of fused-ring (bicyclic) bond motifs is 3. The van der Waals surface area contributed by atoms with Crippen LogP contribution in [0.3, 0.4) is 0 Å². The molecule has 0 aromatic heterocycles. The van der Waals surface area contributed by atoms with Crippen LogP contribution in [0.5, 0.6) is 0 Å². The molecule has 3 rings (SSSR count). The maximum Gasteiger partial charge on any atom is 0.330 e. The molecular weight excluding hydrogens is 402 g/mol. The van der Waals surface area contributed by atoms with Gasteiger partial charge in [0.1, 0.15) is 7.85 Å². The number of unbranched alkanes of at least 4 members (excludes halogenated alkanes) is 2. The molecule has 1 aliphatic rings. The SMILES string of the molecule is [B]c1ccc2c(c1)C(CCCC=C)(CCCC=C)c1cc([B]OC(C)(C)C(C)(C)O)ccc1-2. The van der Waals surface area contributed by atoms with Gasteiger partial charge in [0.05, 0.1) is 11.2 Å². The predicted octanol–water partition coefficient (Wildman–Crippen LogP) is 5.27. The fourth-order valence-electron chi connectivity index (χ4n) is 4.72. The van der Waals surface area contributed by atoms with E-state index in [9.17, 15) is 5.11 Å².